The predicted octanol–water partition coefficient (Wildman–Crippen LogP) is 3.38. The molecule has 2 N–H and O–H groups in total. The molecule has 0 saturated heterocycles. The largest absolute Gasteiger partial charge is 0.398 e. The van der Waals surface area contributed by atoms with Crippen molar-refractivity contribution in [2.45, 2.75) is 13.0 Å². The molecule has 4 heteroatoms. The Balaban J connectivity index is 2.19. The van der Waals surface area contributed by atoms with Gasteiger partial charge in [0.2, 0.25) is 0 Å². The molecule has 2 heterocycles. The highest BCUT2D eigenvalue weighted by Gasteiger charge is 2.26. The fourth-order valence-corrected chi connectivity index (χ4v) is 3.16. The molecule has 0 fully saturated rings. The van der Waals surface area contributed by atoms with Crippen LogP contribution in [0.15, 0.2) is 42.7 Å². The monoisotopic (exact) mass is 299 g/mol. The molecule has 21 heavy (non-hydrogen) atoms. The fraction of sp³-hybridized carbons (Fsp3) is 0.235. The van der Waals surface area contributed by atoms with Gasteiger partial charge >= 0.3 is 0 Å². The molecule has 1 aromatic heterocycles. The molecule has 3 nitrogen and oxygen atoms in total. The van der Waals surface area contributed by atoms with Gasteiger partial charge in [-0.25, -0.2) is 0 Å². The van der Waals surface area contributed by atoms with Crippen LogP contribution in [0.1, 0.15) is 28.3 Å². The van der Waals surface area contributed by atoms with E-state index in [1.54, 1.807) is 6.20 Å². The van der Waals surface area contributed by atoms with Crippen LogP contribution >= 0.6 is 11.6 Å². The maximum atomic E-state index is 6.20. The van der Waals surface area contributed by atoms with E-state index in [9.17, 15) is 0 Å². The maximum absolute atomic E-state index is 6.20. The molecule has 0 spiro atoms. The number of nitrogens with two attached hydrogens (primary N) is 1. The first kappa shape index (κ1) is 14.1. The zero-order valence-corrected chi connectivity index (χ0v) is 12.9. The summed E-state index contributed by atoms with van der Waals surface area (Å²) in [5.41, 5.74) is 11.6. The second-order valence-corrected chi connectivity index (χ2v) is 5.90. The summed E-state index contributed by atoms with van der Waals surface area (Å²) < 4.78 is 0. The van der Waals surface area contributed by atoms with E-state index in [-0.39, 0.29) is 6.04 Å². The lowest BCUT2D eigenvalue weighted by molar-refractivity contribution is 0.310. The summed E-state index contributed by atoms with van der Waals surface area (Å²) >= 11 is 6.09. The van der Waals surface area contributed by atoms with Gasteiger partial charge in [0.15, 0.2) is 0 Å². The van der Waals surface area contributed by atoms with Crippen LogP contribution in [0.25, 0.3) is 5.70 Å². The zero-order valence-electron chi connectivity index (χ0n) is 12.2. The average molecular weight is 300 g/mol. The van der Waals surface area contributed by atoms with Crippen molar-refractivity contribution in [3.63, 3.8) is 0 Å². The Labute approximate surface area is 130 Å². The number of hydrogen-bond acceptors (Lipinski definition) is 3. The van der Waals surface area contributed by atoms with Crippen LogP contribution in [0.3, 0.4) is 0 Å². The number of aryl methyl sites for hydroxylation is 1. The van der Waals surface area contributed by atoms with E-state index < -0.39 is 0 Å². The van der Waals surface area contributed by atoms with Crippen LogP contribution in [0.4, 0.5) is 0 Å². The van der Waals surface area contributed by atoms with E-state index in [2.05, 4.69) is 36.0 Å². The van der Waals surface area contributed by atoms with Crippen molar-refractivity contribution in [1.82, 2.24) is 9.88 Å². The van der Waals surface area contributed by atoms with E-state index in [1.807, 2.05) is 24.4 Å². The quantitative estimate of drug-likeness (QED) is 0.878. The van der Waals surface area contributed by atoms with E-state index in [1.165, 1.54) is 11.1 Å². The Kier molecular flexibility index (Phi) is 3.70. The van der Waals surface area contributed by atoms with Gasteiger partial charge in [-0.15, -0.1) is 0 Å². The van der Waals surface area contributed by atoms with E-state index in [4.69, 9.17) is 17.3 Å². The topological polar surface area (TPSA) is 42.1 Å². The molecule has 0 bridgehead atoms. The lowest BCUT2D eigenvalue weighted by atomic mass is 9.92. The lowest BCUT2D eigenvalue weighted by Crippen LogP contribution is -2.26. The van der Waals surface area contributed by atoms with Crippen LogP contribution in [0.5, 0.6) is 0 Å². The highest BCUT2D eigenvalue weighted by Crippen LogP contribution is 2.35. The highest BCUT2D eigenvalue weighted by atomic mass is 35.5. The summed E-state index contributed by atoms with van der Waals surface area (Å²) in [5, 5.41) is 0.761. The second kappa shape index (κ2) is 5.51. The number of fused-ring (bicyclic) bond motifs is 1. The zero-order chi connectivity index (χ0) is 15.0. The number of halogens is 1. The number of pyridine rings is 1. The van der Waals surface area contributed by atoms with Gasteiger partial charge in [0, 0.05) is 40.8 Å². The van der Waals surface area contributed by atoms with Crippen molar-refractivity contribution in [2.75, 3.05) is 13.6 Å². The van der Waals surface area contributed by atoms with E-state index in [0.717, 1.165) is 28.4 Å². The van der Waals surface area contributed by atoms with Gasteiger partial charge in [-0.2, -0.15) is 0 Å². The molecule has 1 aromatic carbocycles. The molecule has 1 unspecified atom stereocenters. The summed E-state index contributed by atoms with van der Waals surface area (Å²) in [6, 6.07) is 8.15. The van der Waals surface area contributed by atoms with E-state index in [0.29, 0.717) is 0 Å². The molecule has 1 atom stereocenters. The Bertz CT molecular complexity index is 709. The van der Waals surface area contributed by atoms with Gasteiger partial charge in [-0.05, 0) is 49.4 Å². The number of aromatic nitrogens is 1. The smallest absolute Gasteiger partial charge is 0.0626 e. The summed E-state index contributed by atoms with van der Waals surface area (Å²) in [6.45, 7) is 2.89. The fourth-order valence-electron chi connectivity index (χ4n) is 2.93. The molecule has 2 aromatic rings. The van der Waals surface area contributed by atoms with E-state index >= 15 is 0 Å². The minimum Gasteiger partial charge on any atom is -0.398 e. The Morgan fingerprint density at radius 2 is 2.10 bits per heavy atom. The Hall–Kier alpha value is -1.84. The molecule has 3 rings (SSSR count). The van der Waals surface area contributed by atoms with Gasteiger partial charge in [0.1, 0.15) is 0 Å². The van der Waals surface area contributed by atoms with Gasteiger partial charge in [0.05, 0.1) is 6.04 Å². The SMILES string of the molecule is Cc1cc(Cl)ccc1C1c2cnccc2C(N)=CCN1C. The molecular weight excluding hydrogens is 282 g/mol. The van der Waals surface area contributed by atoms with Crippen LogP contribution in [-0.2, 0) is 0 Å². The molecule has 1 aliphatic heterocycles. The first-order chi connectivity index (χ1) is 10.1. The first-order valence-corrected chi connectivity index (χ1v) is 7.32. The van der Waals surface area contributed by atoms with Gasteiger partial charge < -0.3 is 5.73 Å². The normalized spacial score (nSPS) is 18.8. The van der Waals surface area contributed by atoms with Crippen molar-refractivity contribution in [1.29, 1.82) is 0 Å². The standard InChI is InChI=1S/C17H18ClN3/c1-11-9-12(18)3-4-13(11)17-15-10-20-7-5-14(15)16(19)6-8-21(17)2/h3-7,9-10,17H,8,19H2,1-2H3. The van der Waals surface area contributed by atoms with Crippen molar-refractivity contribution in [3.8, 4) is 0 Å². The lowest BCUT2D eigenvalue weighted by Gasteiger charge is -2.28. The number of hydrogen-bond donors (Lipinski definition) is 1. The number of likely N-dealkylation sites (N-methyl/N-ethyl adjacent to an activating group) is 1. The van der Waals surface area contributed by atoms with Crippen molar-refractivity contribution < 1.29 is 0 Å². The molecule has 0 amide bonds. The average Bonchev–Trinajstić information content (AvgIpc) is 2.59. The molecule has 108 valence electrons. The summed E-state index contributed by atoms with van der Waals surface area (Å²) in [5.74, 6) is 0. The predicted molar refractivity (Wildman–Crippen MR) is 87.1 cm³/mol. The summed E-state index contributed by atoms with van der Waals surface area (Å²) in [6.07, 6.45) is 5.76. The first-order valence-electron chi connectivity index (χ1n) is 6.94. The highest BCUT2D eigenvalue weighted by molar-refractivity contribution is 6.30. The number of benzene rings is 1. The van der Waals surface area contributed by atoms with Crippen LogP contribution in [-0.4, -0.2) is 23.5 Å². The summed E-state index contributed by atoms with van der Waals surface area (Å²) in [4.78, 5) is 6.57. The van der Waals surface area contributed by atoms with Gasteiger partial charge in [0.25, 0.3) is 0 Å². The third-order valence-corrected chi connectivity index (χ3v) is 4.26. The number of nitrogens with zero attached hydrogens (tertiary/aromatic N) is 2. The Morgan fingerprint density at radius 1 is 1.29 bits per heavy atom. The van der Waals surface area contributed by atoms with Crippen molar-refractivity contribution >= 4 is 17.3 Å². The molecule has 0 aliphatic carbocycles. The Morgan fingerprint density at radius 3 is 2.86 bits per heavy atom. The minimum absolute atomic E-state index is 0.128. The number of rotatable bonds is 1. The third kappa shape index (κ3) is 2.55. The molecule has 0 saturated carbocycles. The van der Waals surface area contributed by atoms with Gasteiger partial charge in [-0.3, -0.25) is 9.88 Å². The van der Waals surface area contributed by atoms with Crippen molar-refractivity contribution in [3.05, 3.63) is 70.0 Å². The van der Waals surface area contributed by atoms with Crippen LogP contribution in [0.2, 0.25) is 5.02 Å². The summed E-state index contributed by atoms with van der Waals surface area (Å²) in [7, 11) is 2.10. The van der Waals surface area contributed by atoms with Crippen molar-refractivity contribution in [2.24, 2.45) is 5.73 Å². The maximum Gasteiger partial charge on any atom is 0.0626 e. The molecule has 1 aliphatic rings. The van der Waals surface area contributed by atoms with Crippen LogP contribution in [0, 0.1) is 6.92 Å². The molecular formula is C17H18ClN3. The third-order valence-electron chi connectivity index (χ3n) is 4.02. The minimum atomic E-state index is 0.128. The van der Waals surface area contributed by atoms with Crippen LogP contribution < -0.4 is 5.73 Å². The van der Waals surface area contributed by atoms with Gasteiger partial charge in [-0.1, -0.05) is 17.7 Å². The molecule has 0 radical (unpaired) electrons. The second-order valence-electron chi connectivity index (χ2n) is 5.47.